The summed E-state index contributed by atoms with van der Waals surface area (Å²) >= 11 is 0. The molecule has 1 atom stereocenters. The summed E-state index contributed by atoms with van der Waals surface area (Å²) in [5, 5.41) is 3.19. The molecule has 74 valence electrons. The number of furan rings is 2. The smallest absolute Gasteiger partial charge is 0.128 e. The summed E-state index contributed by atoms with van der Waals surface area (Å²) in [6.07, 6.45) is 5.09. The number of hydrogen-bond acceptors (Lipinski definition) is 3. The molecule has 0 spiro atoms. The Morgan fingerprint density at radius 2 is 2.14 bits per heavy atom. The maximum atomic E-state index is 5.44. The first-order valence-electron chi connectivity index (χ1n) is 4.56. The zero-order valence-electron chi connectivity index (χ0n) is 8.28. The van der Waals surface area contributed by atoms with Crippen LogP contribution in [0.4, 0.5) is 0 Å². The molecule has 2 rings (SSSR count). The van der Waals surface area contributed by atoms with Crippen LogP contribution in [-0.2, 0) is 0 Å². The Balaban J connectivity index is 2.36. The quantitative estimate of drug-likeness (QED) is 0.810. The highest BCUT2D eigenvalue weighted by molar-refractivity contribution is 5.28. The predicted octanol–water partition coefficient (Wildman–Crippen LogP) is 2.49. The van der Waals surface area contributed by atoms with Crippen molar-refractivity contribution in [3.05, 3.63) is 47.8 Å². The van der Waals surface area contributed by atoms with Crippen molar-refractivity contribution in [2.45, 2.75) is 13.0 Å². The van der Waals surface area contributed by atoms with Gasteiger partial charge in [0.05, 0.1) is 24.8 Å². The summed E-state index contributed by atoms with van der Waals surface area (Å²) in [4.78, 5) is 0. The van der Waals surface area contributed by atoms with Gasteiger partial charge in [-0.3, -0.25) is 0 Å². The molecule has 0 aromatic carbocycles. The van der Waals surface area contributed by atoms with Gasteiger partial charge in [0.1, 0.15) is 5.76 Å². The summed E-state index contributed by atoms with van der Waals surface area (Å²) in [6, 6.07) is 3.96. The average Bonchev–Trinajstić information content (AvgIpc) is 2.80. The molecule has 0 saturated carbocycles. The summed E-state index contributed by atoms with van der Waals surface area (Å²) in [7, 11) is 1.90. The zero-order chi connectivity index (χ0) is 9.97. The largest absolute Gasteiger partial charge is 0.472 e. The van der Waals surface area contributed by atoms with E-state index >= 15 is 0 Å². The molecule has 2 aromatic heterocycles. The molecule has 0 aliphatic rings. The van der Waals surface area contributed by atoms with Gasteiger partial charge in [0, 0.05) is 5.56 Å². The van der Waals surface area contributed by atoms with Crippen LogP contribution in [0.1, 0.15) is 22.9 Å². The van der Waals surface area contributed by atoms with Crippen LogP contribution in [0, 0.1) is 6.92 Å². The topological polar surface area (TPSA) is 38.3 Å². The van der Waals surface area contributed by atoms with Crippen LogP contribution in [0.3, 0.4) is 0 Å². The lowest BCUT2D eigenvalue weighted by Crippen LogP contribution is -2.17. The summed E-state index contributed by atoms with van der Waals surface area (Å²) in [5.41, 5.74) is 2.22. The Kier molecular flexibility index (Phi) is 2.41. The third-order valence-electron chi connectivity index (χ3n) is 2.33. The van der Waals surface area contributed by atoms with E-state index in [2.05, 4.69) is 5.32 Å². The second-order valence-corrected chi connectivity index (χ2v) is 3.25. The molecule has 2 aromatic rings. The van der Waals surface area contributed by atoms with Crippen molar-refractivity contribution in [3.8, 4) is 0 Å². The van der Waals surface area contributed by atoms with Crippen LogP contribution < -0.4 is 5.32 Å². The molecule has 14 heavy (non-hydrogen) atoms. The first-order valence-corrected chi connectivity index (χ1v) is 4.56. The zero-order valence-corrected chi connectivity index (χ0v) is 8.28. The SMILES string of the molecule is CNC(c1ccoc1)c1occc1C. The van der Waals surface area contributed by atoms with Crippen molar-refractivity contribution < 1.29 is 8.83 Å². The lowest BCUT2D eigenvalue weighted by molar-refractivity contribution is 0.457. The molecule has 0 radical (unpaired) electrons. The van der Waals surface area contributed by atoms with Gasteiger partial charge >= 0.3 is 0 Å². The van der Waals surface area contributed by atoms with E-state index < -0.39 is 0 Å². The van der Waals surface area contributed by atoms with Gasteiger partial charge in [-0.2, -0.15) is 0 Å². The molecule has 0 fully saturated rings. The van der Waals surface area contributed by atoms with Gasteiger partial charge in [-0.05, 0) is 31.7 Å². The molecule has 3 nitrogen and oxygen atoms in total. The van der Waals surface area contributed by atoms with Crippen LogP contribution in [0.15, 0.2) is 39.8 Å². The van der Waals surface area contributed by atoms with Crippen molar-refractivity contribution in [3.63, 3.8) is 0 Å². The summed E-state index contributed by atoms with van der Waals surface area (Å²) in [5.74, 6) is 0.939. The van der Waals surface area contributed by atoms with Crippen molar-refractivity contribution in [1.82, 2.24) is 5.32 Å². The third kappa shape index (κ3) is 1.46. The Hall–Kier alpha value is -1.48. The highest BCUT2D eigenvalue weighted by Crippen LogP contribution is 2.25. The number of hydrogen-bond donors (Lipinski definition) is 1. The standard InChI is InChI=1S/C11H13NO2/c1-8-3-6-14-11(8)10(12-2)9-4-5-13-7-9/h3-7,10,12H,1-2H3. The lowest BCUT2D eigenvalue weighted by atomic mass is 10.1. The monoisotopic (exact) mass is 191 g/mol. The Morgan fingerprint density at radius 1 is 1.29 bits per heavy atom. The van der Waals surface area contributed by atoms with Gasteiger partial charge in [0.15, 0.2) is 0 Å². The van der Waals surface area contributed by atoms with Crippen molar-refractivity contribution >= 4 is 0 Å². The molecule has 0 aliphatic heterocycles. The van der Waals surface area contributed by atoms with E-state index in [1.807, 2.05) is 26.1 Å². The maximum absolute atomic E-state index is 5.44. The van der Waals surface area contributed by atoms with E-state index in [4.69, 9.17) is 8.83 Å². The minimum Gasteiger partial charge on any atom is -0.472 e. The molecule has 2 heterocycles. The van der Waals surface area contributed by atoms with Crippen molar-refractivity contribution in [1.29, 1.82) is 0 Å². The van der Waals surface area contributed by atoms with Crippen molar-refractivity contribution in [2.24, 2.45) is 0 Å². The lowest BCUT2D eigenvalue weighted by Gasteiger charge is -2.12. The van der Waals surface area contributed by atoms with Gasteiger partial charge in [-0.15, -0.1) is 0 Å². The predicted molar refractivity (Wildman–Crippen MR) is 53.1 cm³/mol. The minimum atomic E-state index is 0.0729. The molecule has 0 amide bonds. The minimum absolute atomic E-state index is 0.0729. The van der Waals surface area contributed by atoms with Crippen LogP contribution in [0.25, 0.3) is 0 Å². The fourth-order valence-electron chi connectivity index (χ4n) is 1.57. The molecule has 3 heteroatoms. The van der Waals surface area contributed by atoms with Crippen molar-refractivity contribution in [2.75, 3.05) is 7.05 Å². The van der Waals surface area contributed by atoms with Gasteiger partial charge in [0.25, 0.3) is 0 Å². The second-order valence-electron chi connectivity index (χ2n) is 3.25. The average molecular weight is 191 g/mol. The van der Waals surface area contributed by atoms with Gasteiger partial charge in [-0.25, -0.2) is 0 Å². The van der Waals surface area contributed by atoms with Gasteiger partial charge in [0.2, 0.25) is 0 Å². The molecule has 1 N–H and O–H groups in total. The summed E-state index contributed by atoms with van der Waals surface area (Å²) in [6.45, 7) is 2.03. The van der Waals surface area contributed by atoms with E-state index in [1.165, 1.54) is 0 Å². The fourth-order valence-corrected chi connectivity index (χ4v) is 1.57. The molecule has 0 aliphatic carbocycles. The number of aryl methyl sites for hydroxylation is 1. The summed E-state index contributed by atoms with van der Waals surface area (Å²) < 4.78 is 10.5. The van der Waals surface area contributed by atoms with E-state index in [0.29, 0.717) is 0 Å². The highest BCUT2D eigenvalue weighted by atomic mass is 16.3. The molecular formula is C11H13NO2. The number of rotatable bonds is 3. The first kappa shape index (κ1) is 9.09. The highest BCUT2D eigenvalue weighted by Gasteiger charge is 2.17. The molecule has 0 saturated heterocycles. The van der Waals surface area contributed by atoms with Gasteiger partial charge in [-0.1, -0.05) is 0 Å². The van der Waals surface area contributed by atoms with Crippen LogP contribution in [-0.4, -0.2) is 7.05 Å². The van der Waals surface area contributed by atoms with Crippen LogP contribution in [0.2, 0.25) is 0 Å². The third-order valence-corrected chi connectivity index (χ3v) is 2.33. The molecule has 0 bridgehead atoms. The van der Waals surface area contributed by atoms with E-state index in [9.17, 15) is 0 Å². The Labute approximate surface area is 82.7 Å². The van der Waals surface area contributed by atoms with Gasteiger partial charge < -0.3 is 14.2 Å². The Bertz CT molecular complexity index is 389. The normalized spacial score (nSPS) is 13.0. The fraction of sp³-hybridized carbons (Fsp3) is 0.273. The second kappa shape index (κ2) is 3.72. The number of nitrogens with one attached hydrogen (secondary N) is 1. The molecular weight excluding hydrogens is 178 g/mol. The molecule has 1 unspecified atom stereocenters. The first-order chi connectivity index (χ1) is 6.83. The van der Waals surface area contributed by atoms with E-state index in [0.717, 1.165) is 16.9 Å². The van der Waals surface area contributed by atoms with E-state index in [-0.39, 0.29) is 6.04 Å². The maximum Gasteiger partial charge on any atom is 0.128 e. The van der Waals surface area contributed by atoms with Crippen LogP contribution >= 0.6 is 0 Å². The van der Waals surface area contributed by atoms with E-state index in [1.54, 1.807) is 18.8 Å². The van der Waals surface area contributed by atoms with Crippen LogP contribution in [0.5, 0.6) is 0 Å². The Morgan fingerprint density at radius 3 is 2.64 bits per heavy atom.